The van der Waals surface area contributed by atoms with Crippen molar-refractivity contribution in [3.05, 3.63) is 11.9 Å². The maximum atomic E-state index is 5.15. The molecule has 118 valence electrons. The number of piperazine rings is 1. The zero-order valence-corrected chi connectivity index (χ0v) is 13.2. The highest BCUT2D eigenvalue weighted by molar-refractivity contribution is 5.47. The van der Waals surface area contributed by atoms with Crippen molar-refractivity contribution in [2.24, 2.45) is 0 Å². The maximum absolute atomic E-state index is 5.15. The molecule has 7 nitrogen and oxygen atoms in total. The summed E-state index contributed by atoms with van der Waals surface area (Å²) < 4.78 is 5.15. The lowest BCUT2D eigenvalue weighted by Crippen LogP contribution is -2.47. The van der Waals surface area contributed by atoms with Crippen LogP contribution in [0.2, 0.25) is 0 Å². The van der Waals surface area contributed by atoms with Crippen molar-refractivity contribution in [3.8, 4) is 0 Å². The number of rotatable bonds is 7. The van der Waals surface area contributed by atoms with Crippen LogP contribution in [0.3, 0.4) is 0 Å². The summed E-state index contributed by atoms with van der Waals surface area (Å²) >= 11 is 0. The third-order valence-corrected chi connectivity index (χ3v) is 3.38. The third kappa shape index (κ3) is 5.11. The summed E-state index contributed by atoms with van der Waals surface area (Å²) in [5.41, 5.74) is 3.38. The molecule has 21 heavy (non-hydrogen) atoms. The Morgan fingerprint density at radius 3 is 2.57 bits per heavy atom. The average molecular weight is 294 g/mol. The van der Waals surface area contributed by atoms with E-state index in [1.54, 1.807) is 7.11 Å². The van der Waals surface area contributed by atoms with Gasteiger partial charge in [-0.1, -0.05) is 6.92 Å². The largest absolute Gasteiger partial charge is 0.377 e. The number of likely N-dealkylation sites (N-methyl/N-ethyl adjacent to an activating group) is 1. The fourth-order valence-corrected chi connectivity index (χ4v) is 2.17. The number of anilines is 2. The summed E-state index contributed by atoms with van der Waals surface area (Å²) in [5, 5.41) is 5.50. The molecule has 0 radical (unpaired) electrons. The van der Waals surface area contributed by atoms with Crippen LogP contribution >= 0.6 is 0 Å². The summed E-state index contributed by atoms with van der Waals surface area (Å²) in [5.74, 6) is 2.35. The molecule has 0 atom stereocenters. The maximum Gasteiger partial charge on any atom is 0.158 e. The van der Waals surface area contributed by atoms with Crippen LogP contribution in [0.1, 0.15) is 19.2 Å². The number of nitrogens with zero attached hydrogens (tertiary/aromatic N) is 4. The smallest absolute Gasteiger partial charge is 0.158 e. The van der Waals surface area contributed by atoms with Crippen LogP contribution < -0.4 is 10.7 Å². The van der Waals surface area contributed by atoms with Gasteiger partial charge in [-0.2, -0.15) is 0 Å². The van der Waals surface area contributed by atoms with Gasteiger partial charge < -0.3 is 20.4 Å². The lowest BCUT2D eigenvalue weighted by molar-refractivity contribution is 0.175. The molecule has 0 bridgehead atoms. The van der Waals surface area contributed by atoms with Crippen LogP contribution in [0.15, 0.2) is 6.07 Å². The number of hydrogen-bond donors (Lipinski definition) is 2. The highest BCUT2D eigenvalue weighted by Crippen LogP contribution is 2.13. The van der Waals surface area contributed by atoms with Gasteiger partial charge in [-0.05, 0) is 13.5 Å². The van der Waals surface area contributed by atoms with Crippen LogP contribution in [0, 0.1) is 0 Å². The zero-order chi connectivity index (χ0) is 15.1. The summed E-state index contributed by atoms with van der Waals surface area (Å²) in [6.07, 6.45) is 1.06. The van der Waals surface area contributed by atoms with E-state index in [2.05, 4.69) is 44.6 Å². The van der Waals surface area contributed by atoms with E-state index >= 15 is 0 Å². The van der Waals surface area contributed by atoms with Crippen molar-refractivity contribution in [1.82, 2.24) is 19.9 Å². The second-order valence-corrected chi connectivity index (χ2v) is 5.32. The van der Waals surface area contributed by atoms with Gasteiger partial charge in [0.05, 0.1) is 0 Å². The Labute approximate surface area is 126 Å². The first kappa shape index (κ1) is 15.9. The predicted molar refractivity (Wildman–Crippen MR) is 84.2 cm³/mol. The Kier molecular flexibility index (Phi) is 6.16. The van der Waals surface area contributed by atoms with E-state index in [1.165, 1.54) is 0 Å². The van der Waals surface area contributed by atoms with Gasteiger partial charge in [-0.25, -0.2) is 15.0 Å². The normalized spacial score (nSPS) is 16.9. The fourth-order valence-electron chi connectivity index (χ4n) is 2.17. The molecule has 1 aromatic rings. The van der Waals surface area contributed by atoms with Gasteiger partial charge in [0, 0.05) is 45.9 Å². The van der Waals surface area contributed by atoms with Crippen LogP contribution in [0.25, 0.3) is 0 Å². The molecule has 0 amide bonds. The molecule has 2 N–H and O–H groups in total. The lowest BCUT2D eigenvalue weighted by atomic mass is 10.4. The number of aromatic nitrogens is 2. The Morgan fingerprint density at radius 1 is 1.19 bits per heavy atom. The van der Waals surface area contributed by atoms with Crippen LogP contribution in [0.5, 0.6) is 0 Å². The molecule has 1 aliphatic heterocycles. The van der Waals surface area contributed by atoms with Gasteiger partial charge >= 0.3 is 0 Å². The summed E-state index contributed by atoms with van der Waals surface area (Å²) in [4.78, 5) is 11.3. The number of hydrogen-bond acceptors (Lipinski definition) is 7. The Bertz CT molecular complexity index is 433. The second-order valence-electron chi connectivity index (χ2n) is 5.32. The second kappa shape index (κ2) is 8.11. The van der Waals surface area contributed by atoms with Gasteiger partial charge in [-0.3, -0.25) is 0 Å². The highest BCUT2D eigenvalue weighted by Gasteiger charge is 2.14. The quantitative estimate of drug-likeness (QED) is 0.778. The molecular weight excluding hydrogens is 268 g/mol. The van der Waals surface area contributed by atoms with Crippen LogP contribution in [-0.2, 0) is 11.3 Å². The minimum absolute atomic E-state index is 0.416. The van der Waals surface area contributed by atoms with Gasteiger partial charge in [0.15, 0.2) is 5.82 Å². The van der Waals surface area contributed by atoms with Gasteiger partial charge in [0.1, 0.15) is 18.2 Å². The van der Waals surface area contributed by atoms with E-state index in [4.69, 9.17) is 4.74 Å². The highest BCUT2D eigenvalue weighted by atomic mass is 16.5. The van der Waals surface area contributed by atoms with E-state index < -0.39 is 0 Å². The summed E-state index contributed by atoms with van der Waals surface area (Å²) in [6, 6.07) is 1.95. The monoisotopic (exact) mass is 294 g/mol. The van der Waals surface area contributed by atoms with E-state index in [0.717, 1.165) is 50.8 Å². The van der Waals surface area contributed by atoms with E-state index in [9.17, 15) is 0 Å². The van der Waals surface area contributed by atoms with E-state index in [-0.39, 0.29) is 0 Å². The third-order valence-electron chi connectivity index (χ3n) is 3.38. The summed E-state index contributed by atoms with van der Waals surface area (Å²) in [7, 11) is 3.80. The Morgan fingerprint density at radius 2 is 1.90 bits per heavy atom. The lowest BCUT2D eigenvalue weighted by Gasteiger charge is -2.32. The topological polar surface area (TPSA) is 65.5 Å². The van der Waals surface area contributed by atoms with Crippen molar-refractivity contribution in [2.45, 2.75) is 20.0 Å². The molecule has 1 aromatic heterocycles. The SMILES string of the molecule is CCCNc1cc(NN2CCN(C)CC2)nc(COC)n1. The minimum atomic E-state index is 0.416. The summed E-state index contributed by atoms with van der Waals surface area (Å²) in [6.45, 7) is 7.54. The predicted octanol–water partition coefficient (Wildman–Crippen LogP) is 1.02. The fraction of sp³-hybridized carbons (Fsp3) is 0.714. The zero-order valence-electron chi connectivity index (χ0n) is 13.2. The average Bonchev–Trinajstić information content (AvgIpc) is 2.48. The number of hydrazine groups is 1. The van der Waals surface area contributed by atoms with Gasteiger partial charge in [-0.15, -0.1) is 0 Å². The first-order valence-electron chi connectivity index (χ1n) is 7.52. The van der Waals surface area contributed by atoms with Crippen molar-refractivity contribution in [3.63, 3.8) is 0 Å². The van der Waals surface area contributed by atoms with Gasteiger partial charge in [0.2, 0.25) is 0 Å². The molecule has 2 heterocycles. The molecule has 2 rings (SSSR count). The Balaban J connectivity index is 2.03. The molecule has 1 saturated heterocycles. The van der Waals surface area contributed by atoms with Crippen molar-refractivity contribution < 1.29 is 4.74 Å². The van der Waals surface area contributed by atoms with Crippen LogP contribution in [-0.4, -0.2) is 66.8 Å². The van der Waals surface area contributed by atoms with Crippen molar-refractivity contribution in [1.29, 1.82) is 0 Å². The molecule has 0 aromatic carbocycles. The minimum Gasteiger partial charge on any atom is -0.377 e. The van der Waals surface area contributed by atoms with E-state index in [0.29, 0.717) is 12.4 Å². The number of ether oxygens (including phenoxy) is 1. The molecular formula is C14H26N6O. The molecule has 0 unspecified atom stereocenters. The Hall–Kier alpha value is -1.44. The number of nitrogens with one attached hydrogen (secondary N) is 2. The van der Waals surface area contributed by atoms with Crippen molar-refractivity contribution in [2.75, 3.05) is 57.6 Å². The van der Waals surface area contributed by atoms with Crippen LogP contribution in [0.4, 0.5) is 11.6 Å². The molecule has 0 spiro atoms. The first-order chi connectivity index (χ1) is 10.2. The molecule has 0 saturated carbocycles. The van der Waals surface area contributed by atoms with Crippen molar-refractivity contribution >= 4 is 11.6 Å². The van der Waals surface area contributed by atoms with E-state index in [1.807, 2.05) is 6.07 Å². The molecule has 0 aliphatic carbocycles. The van der Waals surface area contributed by atoms with Gasteiger partial charge in [0.25, 0.3) is 0 Å². The molecule has 1 fully saturated rings. The standard InChI is InChI=1S/C14H26N6O/c1-4-5-15-12-10-13(17-14(16-12)11-21-3)18-20-8-6-19(2)7-9-20/h10H,4-9,11H2,1-3H3,(H2,15,16,17,18). The molecule has 1 aliphatic rings. The first-order valence-corrected chi connectivity index (χ1v) is 7.52. The number of methoxy groups -OCH3 is 1. The molecule has 7 heteroatoms.